The van der Waals surface area contributed by atoms with Crippen molar-refractivity contribution in [2.75, 3.05) is 20.2 Å². The van der Waals surface area contributed by atoms with Crippen LogP contribution in [-0.2, 0) is 6.54 Å². The first-order valence-corrected chi connectivity index (χ1v) is 8.81. The van der Waals surface area contributed by atoms with E-state index in [1.54, 1.807) is 18.4 Å². The number of guanidine groups is 1. The topological polar surface area (TPSA) is 45.6 Å². The van der Waals surface area contributed by atoms with Crippen LogP contribution in [-0.4, -0.2) is 26.2 Å². The Balaban J connectivity index is 1.86. The zero-order valence-corrected chi connectivity index (χ0v) is 14.8. The van der Waals surface area contributed by atoms with Gasteiger partial charge in [0.2, 0.25) is 0 Å². The smallest absolute Gasteiger partial charge is 0.191 e. The molecule has 2 aromatic rings. The van der Waals surface area contributed by atoms with Crippen LogP contribution in [0.3, 0.4) is 0 Å². The van der Waals surface area contributed by atoms with Crippen molar-refractivity contribution in [2.45, 2.75) is 26.3 Å². The molecule has 0 saturated carbocycles. The Morgan fingerprint density at radius 3 is 2.74 bits per heavy atom. The van der Waals surface area contributed by atoms with Crippen molar-refractivity contribution >= 4 is 17.3 Å². The number of hydrogen-bond acceptors (Lipinski definition) is 3. The van der Waals surface area contributed by atoms with E-state index < -0.39 is 0 Å². The van der Waals surface area contributed by atoms with Crippen LogP contribution in [0.2, 0.25) is 0 Å². The van der Waals surface area contributed by atoms with E-state index in [1.807, 2.05) is 25.1 Å². The molecule has 1 heterocycles. The van der Waals surface area contributed by atoms with Crippen LogP contribution in [0.1, 0.15) is 30.2 Å². The highest BCUT2D eigenvalue weighted by atomic mass is 32.1. The van der Waals surface area contributed by atoms with Gasteiger partial charge in [0.25, 0.3) is 0 Å². The zero-order valence-electron chi connectivity index (χ0n) is 14.0. The number of ether oxygens (including phenoxy) is 1. The lowest BCUT2D eigenvalue weighted by Crippen LogP contribution is -2.38. The van der Waals surface area contributed by atoms with Gasteiger partial charge in [-0.25, -0.2) is 0 Å². The molecule has 0 radical (unpaired) electrons. The molecule has 0 bridgehead atoms. The second kappa shape index (κ2) is 9.20. The van der Waals surface area contributed by atoms with E-state index in [0.29, 0.717) is 19.1 Å². The normalized spacial score (nSPS) is 12.7. The van der Waals surface area contributed by atoms with Crippen molar-refractivity contribution in [1.82, 2.24) is 10.6 Å². The summed E-state index contributed by atoms with van der Waals surface area (Å²) >= 11 is 1.79. The van der Waals surface area contributed by atoms with Crippen LogP contribution < -0.4 is 15.4 Å². The zero-order chi connectivity index (χ0) is 16.5. The molecule has 1 atom stereocenters. The van der Waals surface area contributed by atoms with Crippen LogP contribution >= 0.6 is 11.3 Å². The van der Waals surface area contributed by atoms with Gasteiger partial charge in [-0.1, -0.05) is 31.2 Å². The lowest BCUT2D eigenvalue weighted by Gasteiger charge is -2.16. The second-order valence-corrected chi connectivity index (χ2v) is 6.24. The van der Waals surface area contributed by atoms with Gasteiger partial charge in [-0.15, -0.1) is 11.3 Å². The number of para-hydroxylation sites is 1. The number of benzene rings is 1. The van der Waals surface area contributed by atoms with Gasteiger partial charge in [-0.2, -0.15) is 0 Å². The number of rotatable bonds is 7. The Hall–Kier alpha value is -2.01. The molecule has 0 aliphatic rings. The molecule has 0 aliphatic heterocycles. The predicted molar refractivity (Wildman–Crippen MR) is 98.5 cm³/mol. The molecule has 0 spiro atoms. The number of thiophene rings is 1. The van der Waals surface area contributed by atoms with E-state index >= 15 is 0 Å². The summed E-state index contributed by atoms with van der Waals surface area (Å²) in [4.78, 5) is 5.67. The van der Waals surface area contributed by atoms with E-state index in [4.69, 9.17) is 4.74 Å². The summed E-state index contributed by atoms with van der Waals surface area (Å²) in [6.45, 7) is 6.42. The third kappa shape index (κ3) is 5.28. The van der Waals surface area contributed by atoms with Gasteiger partial charge in [0.05, 0.1) is 6.61 Å². The monoisotopic (exact) mass is 331 g/mol. The Morgan fingerprint density at radius 1 is 1.22 bits per heavy atom. The fourth-order valence-electron chi connectivity index (χ4n) is 2.27. The van der Waals surface area contributed by atoms with E-state index in [1.165, 1.54) is 4.88 Å². The lowest BCUT2D eigenvalue weighted by atomic mass is 10.1. The molecule has 1 aromatic heterocycles. The van der Waals surface area contributed by atoms with Crippen molar-refractivity contribution in [1.29, 1.82) is 0 Å². The van der Waals surface area contributed by atoms with Crippen LogP contribution in [0.4, 0.5) is 0 Å². The first-order chi connectivity index (χ1) is 11.2. The molecular formula is C18H25N3OS. The van der Waals surface area contributed by atoms with Gasteiger partial charge >= 0.3 is 0 Å². The van der Waals surface area contributed by atoms with Gasteiger partial charge < -0.3 is 15.4 Å². The largest absolute Gasteiger partial charge is 0.494 e. The maximum absolute atomic E-state index is 5.65. The van der Waals surface area contributed by atoms with Crippen molar-refractivity contribution in [3.05, 3.63) is 52.2 Å². The Labute approximate surface area is 142 Å². The lowest BCUT2D eigenvalue weighted by molar-refractivity contribution is 0.336. The average molecular weight is 331 g/mol. The third-order valence-electron chi connectivity index (χ3n) is 3.55. The van der Waals surface area contributed by atoms with E-state index in [0.717, 1.165) is 23.8 Å². The summed E-state index contributed by atoms with van der Waals surface area (Å²) in [6.07, 6.45) is 0. The van der Waals surface area contributed by atoms with Crippen LogP contribution in [0.5, 0.6) is 5.75 Å². The summed E-state index contributed by atoms with van der Waals surface area (Å²) in [5.41, 5.74) is 1.13. The van der Waals surface area contributed by atoms with Gasteiger partial charge in [0.1, 0.15) is 5.75 Å². The summed E-state index contributed by atoms with van der Waals surface area (Å²) in [7, 11) is 1.79. The van der Waals surface area contributed by atoms with Gasteiger partial charge in [0, 0.05) is 36.5 Å². The molecule has 4 nitrogen and oxygen atoms in total. The standard InChI is InChI=1S/C18H25N3OS/c1-4-22-16-9-6-5-8-15(16)13-21-18(19-3)20-12-14(2)17-10-7-11-23-17/h5-11,14H,4,12-13H2,1-3H3,(H2,19,20,21). The van der Waals surface area contributed by atoms with Gasteiger partial charge in [-0.3, -0.25) is 4.99 Å². The minimum atomic E-state index is 0.462. The van der Waals surface area contributed by atoms with Crippen LogP contribution in [0.25, 0.3) is 0 Å². The molecule has 2 rings (SSSR count). The Kier molecular flexibility index (Phi) is 6.94. The first-order valence-electron chi connectivity index (χ1n) is 7.93. The molecule has 23 heavy (non-hydrogen) atoms. The number of nitrogens with zero attached hydrogens (tertiary/aromatic N) is 1. The SMILES string of the molecule is CCOc1ccccc1CNC(=NC)NCC(C)c1cccs1. The summed E-state index contributed by atoms with van der Waals surface area (Å²) in [6, 6.07) is 12.3. The molecule has 1 aromatic carbocycles. The van der Waals surface area contributed by atoms with Crippen LogP contribution in [0.15, 0.2) is 46.8 Å². The highest BCUT2D eigenvalue weighted by Crippen LogP contribution is 2.20. The molecule has 0 amide bonds. The van der Waals surface area contributed by atoms with Crippen molar-refractivity contribution in [3.63, 3.8) is 0 Å². The molecule has 2 N–H and O–H groups in total. The van der Waals surface area contributed by atoms with Crippen molar-refractivity contribution in [3.8, 4) is 5.75 Å². The fraction of sp³-hybridized carbons (Fsp3) is 0.389. The average Bonchev–Trinajstić information content (AvgIpc) is 3.11. The molecule has 0 aliphatic carbocycles. The first kappa shape index (κ1) is 17.3. The molecule has 0 fully saturated rings. The highest BCUT2D eigenvalue weighted by Gasteiger charge is 2.08. The fourth-order valence-corrected chi connectivity index (χ4v) is 3.05. The summed E-state index contributed by atoms with van der Waals surface area (Å²) in [5, 5.41) is 8.85. The van der Waals surface area contributed by atoms with Gasteiger partial charge in [-0.05, 0) is 24.4 Å². The minimum Gasteiger partial charge on any atom is -0.494 e. The number of aliphatic imine (C=N–C) groups is 1. The molecular weight excluding hydrogens is 306 g/mol. The maximum Gasteiger partial charge on any atom is 0.191 e. The van der Waals surface area contributed by atoms with E-state index in [-0.39, 0.29) is 0 Å². The summed E-state index contributed by atoms with van der Waals surface area (Å²) in [5.74, 6) is 2.19. The minimum absolute atomic E-state index is 0.462. The van der Waals surface area contributed by atoms with Crippen LogP contribution in [0, 0.1) is 0 Å². The van der Waals surface area contributed by atoms with Crippen molar-refractivity contribution < 1.29 is 4.74 Å². The van der Waals surface area contributed by atoms with E-state index in [9.17, 15) is 0 Å². The second-order valence-electron chi connectivity index (χ2n) is 5.26. The Bertz CT molecular complexity index is 610. The molecule has 5 heteroatoms. The summed E-state index contributed by atoms with van der Waals surface area (Å²) < 4.78 is 5.65. The van der Waals surface area contributed by atoms with Crippen molar-refractivity contribution in [2.24, 2.45) is 4.99 Å². The molecule has 0 saturated heterocycles. The van der Waals surface area contributed by atoms with Gasteiger partial charge in [0.15, 0.2) is 5.96 Å². The third-order valence-corrected chi connectivity index (χ3v) is 4.65. The molecule has 124 valence electrons. The molecule has 1 unspecified atom stereocenters. The predicted octanol–water partition coefficient (Wildman–Crippen LogP) is 3.62. The Morgan fingerprint density at radius 2 is 2.04 bits per heavy atom. The highest BCUT2D eigenvalue weighted by molar-refractivity contribution is 7.10. The maximum atomic E-state index is 5.65. The quantitative estimate of drug-likeness (QED) is 0.602. The van der Waals surface area contributed by atoms with E-state index in [2.05, 4.69) is 46.1 Å². The number of nitrogens with one attached hydrogen (secondary N) is 2. The number of hydrogen-bond donors (Lipinski definition) is 2.